The molecule has 0 heterocycles. The Morgan fingerprint density at radius 3 is 2.50 bits per heavy atom. The van der Waals surface area contributed by atoms with Crippen LogP contribution < -0.4 is 5.32 Å². The van der Waals surface area contributed by atoms with Crippen LogP contribution in [-0.4, -0.2) is 29.9 Å². The number of aliphatic hydroxyl groups is 1. The summed E-state index contributed by atoms with van der Waals surface area (Å²) in [7, 11) is 0. The van der Waals surface area contributed by atoms with Crippen LogP contribution in [-0.2, 0) is 4.79 Å². The van der Waals surface area contributed by atoms with Crippen LogP contribution in [0.4, 0.5) is 0 Å². The molecule has 0 saturated heterocycles. The molecule has 0 aromatic heterocycles. The van der Waals surface area contributed by atoms with Crippen LogP contribution in [0, 0.1) is 5.92 Å². The quantitative estimate of drug-likeness (QED) is 0.718. The molecule has 18 heavy (non-hydrogen) atoms. The number of nitrogens with one attached hydrogen (secondary N) is 1. The van der Waals surface area contributed by atoms with Gasteiger partial charge < -0.3 is 10.4 Å². The van der Waals surface area contributed by atoms with Gasteiger partial charge in [-0.3, -0.25) is 9.59 Å². The first-order chi connectivity index (χ1) is 8.63. The largest absolute Gasteiger partial charge is 0.396 e. The number of carbonyl (C=O) groups is 2. The third-order valence-electron chi connectivity index (χ3n) is 2.63. The van der Waals surface area contributed by atoms with E-state index in [0.29, 0.717) is 12.1 Å². The van der Waals surface area contributed by atoms with E-state index < -0.39 is 0 Å². The van der Waals surface area contributed by atoms with Crippen LogP contribution in [0.3, 0.4) is 0 Å². The molecule has 1 aromatic rings. The summed E-state index contributed by atoms with van der Waals surface area (Å²) in [6, 6.07) is 8.94. The molecule has 2 N–H and O–H groups in total. The Kier molecular flexibility index (Phi) is 6.08. The Balaban J connectivity index is 2.28. The van der Waals surface area contributed by atoms with Crippen molar-refractivity contribution < 1.29 is 14.7 Å². The summed E-state index contributed by atoms with van der Waals surface area (Å²) in [6.45, 7) is 2.33. The van der Waals surface area contributed by atoms with Crippen molar-refractivity contribution >= 4 is 11.7 Å². The number of amides is 1. The van der Waals surface area contributed by atoms with Crippen molar-refractivity contribution in [2.75, 3.05) is 13.2 Å². The van der Waals surface area contributed by atoms with E-state index in [-0.39, 0.29) is 37.1 Å². The molecular formula is C14H19NO3. The molecule has 1 aromatic carbocycles. The summed E-state index contributed by atoms with van der Waals surface area (Å²) in [5.74, 6) is -0.140. The molecule has 1 rings (SSSR count). The highest BCUT2D eigenvalue weighted by atomic mass is 16.3. The van der Waals surface area contributed by atoms with Crippen molar-refractivity contribution in [2.24, 2.45) is 5.92 Å². The zero-order chi connectivity index (χ0) is 13.4. The van der Waals surface area contributed by atoms with Gasteiger partial charge in [0.1, 0.15) is 0 Å². The van der Waals surface area contributed by atoms with Gasteiger partial charge in [-0.15, -0.1) is 0 Å². The van der Waals surface area contributed by atoms with Crippen molar-refractivity contribution in [3.8, 4) is 0 Å². The molecule has 1 unspecified atom stereocenters. The van der Waals surface area contributed by atoms with Gasteiger partial charge in [-0.2, -0.15) is 0 Å². The molecule has 0 aliphatic heterocycles. The minimum absolute atomic E-state index is 0.0269. The van der Waals surface area contributed by atoms with Crippen LogP contribution in [0.25, 0.3) is 0 Å². The van der Waals surface area contributed by atoms with Crippen molar-refractivity contribution in [3.05, 3.63) is 35.9 Å². The molecule has 0 spiro atoms. The first kappa shape index (κ1) is 14.4. The summed E-state index contributed by atoms with van der Waals surface area (Å²) in [5, 5.41) is 11.5. The smallest absolute Gasteiger partial charge is 0.220 e. The maximum Gasteiger partial charge on any atom is 0.220 e. The van der Waals surface area contributed by atoms with Gasteiger partial charge in [0, 0.05) is 31.6 Å². The monoisotopic (exact) mass is 249 g/mol. The zero-order valence-electron chi connectivity index (χ0n) is 10.6. The Morgan fingerprint density at radius 1 is 1.22 bits per heavy atom. The SMILES string of the molecule is CC(CO)CNC(=O)CCC(=O)c1ccccc1. The minimum atomic E-state index is -0.153. The van der Waals surface area contributed by atoms with Crippen molar-refractivity contribution in [1.29, 1.82) is 0 Å². The third-order valence-corrected chi connectivity index (χ3v) is 2.63. The fraction of sp³-hybridized carbons (Fsp3) is 0.429. The molecule has 98 valence electrons. The van der Waals surface area contributed by atoms with Gasteiger partial charge in [0.05, 0.1) is 0 Å². The van der Waals surface area contributed by atoms with E-state index in [4.69, 9.17) is 5.11 Å². The average molecular weight is 249 g/mol. The lowest BCUT2D eigenvalue weighted by atomic mass is 10.1. The molecule has 0 bridgehead atoms. The fourth-order valence-corrected chi connectivity index (χ4v) is 1.44. The number of Topliss-reactive ketones (excluding diaryl/α,β-unsaturated/α-hetero) is 1. The second kappa shape index (κ2) is 7.61. The van der Waals surface area contributed by atoms with E-state index in [0.717, 1.165) is 0 Å². The highest BCUT2D eigenvalue weighted by Gasteiger charge is 2.09. The molecule has 0 aliphatic carbocycles. The molecule has 1 amide bonds. The maximum atomic E-state index is 11.7. The number of aliphatic hydroxyl groups excluding tert-OH is 1. The van der Waals surface area contributed by atoms with Crippen LogP contribution in [0.15, 0.2) is 30.3 Å². The van der Waals surface area contributed by atoms with Gasteiger partial charge in [0.2, 0.25) is 5.91 Å². The molecule has 1 atom stereocenters. The standard InChI is InChI=1S/C14H19NO3/c1-11(10-16)9-15-14(18)8-7-13(17)12-5-3-2-4-6-12/h2-6,11,16H,7-10H2,1H3,(H,15,18). The predicted octanol–water partition coefficient (Wildman–Crippen LogP) is 1.39. The third kappa shape index (κ3) is 5.10. The maximum absolute atomic E-state index is 11.7. The fourth-order valence-electron chi connectivity index (χ4n) is 1.44. The van der Waals surface area contributed by atoms with E-state index in [1.54, 1.807) is 24.3 Å². The van der Waals surface area contributed by atoms with Crippen LogP contribution in [0.2, 0.25) is 0 Å². The van der Waals surface area contributed by atoms with Crippen LogP contribution in [0.1, 0.15) is 30.1 Å². The molecule has 4 nitrogen and oxygen atoms in total. The Labute approximate surface area is 107 Å². The topological polar surface area (TPSA) is 66.4 Å². The summed E-state index contributed by atoms with van der Waals surface area (Å²) in [4.78, 5) is 23.2. The van der Waals surface area contributed by atoms with Crippen molar-refractivity contribution in [3.63, 3.8) is 0 Å². The van der Waals surface area contributed by atoms with E-state index in [2.05, 4.69) is 5.32 Å². The minimum Gasteiger partial charge on any atom is -0.396 e. The van der Waals surface area contributed by atoms with Crippen LogP contribution in [0.5, 0.6) is 0 Å². The average Bonchev–Trinajstić information content (AvgIpc) is 2.42. The Hall–Kier alpha value is -1.68. The predicted molar refractivity (Wildman–Crippen MR) is 69.3 cm³/mol. The lowest BCUT2D eigenvalue weighted by molar-refractivity contribution is -0.121. The highest BCUT2D eigenvalue weighted by molar-refractivity contribution is 5.97. The van der Waals surface area contributed by atoms with Crippen molar-refractivity contribution in [2.45, 2.75) is 19.8 Å². The number of hydrogen-bond acceptors (Lipinski definition) is 3. The molecule has 4 heteroatoms. The molecule has 0 fully saturated rings. The number of rotatable bonds is 7. The highest BCUT2D eigenvalue weighted by Crippen LogP contribution is 2.04. The molecular weight excluding hydrogens is 230 g/mol. The van der Waals surface area contributed by atoms with Gasteiger partial charge in [-0.25, -0.2) is 0 Å². The number of hydrogen-bond donors (Lipinski definition) is 2. The van der Waals surface area contributed by atoms with Gasteiger partial charge in [-0.05, 0) is 5.92 Å². The molecule has 0 saturated carbocycles. The van der Waals surface area contributed by atoms with Gasteiger partial charge >= 0.3 is 0 Å². The number of ketones is 1. The first-order valence-electron chi connectivity index (χ1n) is 6.09. The van der Waals surface area contributed by atoms with E-state index >= 15 is 0 Å². The molecule has 0 aliphatic rings. The van der Waals surface area contributed by atoms with Gasteiger partial charge in [-0.1, -0.05) is 37.3 Å². The van der Waals surface area contributed by atoms with Gasteiger partial charge in [0.15, 0.2) is 5.78 Å². The van der Waals surface area contributed by atoms with Crippen molar-refractivity contribution in [1.82, 2.24) is 5.32 Å². The molecule has 0 radical (unpaired) electrons. The lowest BCUT2D eigenvalue weighted by Crippen LogP contribution is -2.29. The second-order valence-electron chi connectivity index (χ2n) is 4.38. The number of carbonyl (C=O) groups excluding carboxylic acids is 2. The lowest BCUT2D eigenvalue weighted by Gasteiger charge is -2.09. The van der Waals surface area contributed by atoms with Gasteiger partial charge in [0.25, 0.3) is 0 Å². The van der Waals surface area contributed by atoms with E-state index in [9.17, 15) is 9.59 Å². The number of benzene rings is 1. The summed E-state index contributed by atoms with van der Waals surface area (Å²) in [6.07, 6.45) is 0.398. The first-order valence-corrected chi connectivity index (χ1v) is 6.09. The normalized spacial score (nSPS) is 11.9. The van der Waals surface area contributed by atoms with E-state index in [1.807, 2.05) is 13.0 Å². The summed E-state index contributed by atoms with van der Waals surface area (Å²) in [5.41, 5.74) is 0.633. The zero-order valence-corrected chi connectivity index (χ0v) is 10.6. The summed E-state index contributed by atoms with van der Waals surface area (Å²) < 4.78 is 0. The Bertz CT molecular complexity index is 389. The van der Waals surface area contributed by atoms with E-state index in [1.165, 1.54) is 0 Å². The second-order valence-corrected chi connectivity index (χ2v) is 4.38. The Morgan fingerprint density at radius 2 is 1.89 bits per heavy atom. The van der Waals surface area contributed by atoms with Crippen LogP contribution >= 0.6 is 0 Å². The summed E-state index contributed by atoms with van der Waals surface area (Å²) >= 11 is 0.